The van der Waals surface area contributed by atoms with E-state index in [2.05, 4.69) is 0 Å². The average Bonchev–Trinajstić information content (AvgIpc) is 2.79. The second kappa shape index (κ2) is 5.32. The summed E-state index contributed by atoms with van der Waals surface area (Å²) in [6.07, 6.45) is 0.633. The van der Waals surface area contributed by atoms with E-state index < -0.39 is 6.10 Å². The summed E-state index contributed by atoms with van der Waals surface area (Å²) < 4.78 is 11.0. The fourth-order valence-electron chi connectivity index (χ4n) is 1.79. The molecule has 0 aliphatic carbocycles. The Balaban J connectivity index is 1.90. The number of hydrogen-bond acceptors (Lipinski definition) is 3. The van der Waals surface area contributed by atoms with Crippen molar-refractivity contribution in [3.8, 4) is 5.75 Å². The summed E-state index contributed by atoms with van der Waals surface area (Å²) in [6, 6.07) is 7.61. The Kier molecular flexibility index (Phi) is 3.80. The smallest absolute Gasteiger partial charge is 0.119 e. The van der Waals surface area contributed by atoms with Gasteiger partial charge in [0.05, 0.1) is 19.3 Å². The minimum Gasteiger partial charge on any atom is -0.493 e. The molecule has 2 atom stereocenters. The molecule has 1 aliphatic heterocycles. The molecule has 16 heavy (non-hydrogen) atoms. The molecule has 0 aromatic heterocycles. The van der Waals surface area contributed by atoms with Gasteiger partial charge in [0.2, 0.25) is 0 Å². The van der Waals surface area contributed by atoms with Crippen LogP contribution in [-0.4, -0.2) is 24.9 Å². The van der Waals surface area contributed by atoms with E-state index in [0.29, 0.717) is 12.5 Å². The number of benzene rings is 1. The number of aliphatic hydroxyl groups is 1. The van der Waals surface area contributed by atoms with Crippen LogP contribution in [0.5, 0.6) is 5.75 Å². The van der Waals surface area contributed by atoms with Crippen LogP contribution in [-0.2, 0) is 4.74 Å². The van der Waals surface area contributed by atoms with Crippen LogP contribution in [0.2, 0.25) is 0 Å². The molecule has 1 aliphatic rings. The monoisotopic (exact) mass is 222 g/mol. The molecule has 1 aromatic carbocycles. The van der Waals surface area contributed by atoms with Gasteiger partial charge in [-0.1, -0.05) is 12.1 Å². The van der Waals surface area contributed by atoms with Crippen molar-refractivity contribution in [2.45, 2.75) is 19.4 Å². The van der Waals surface area contributed by atoms with Crippen LogP contribution < -0.4 is 4.74 Å². The summed E-state index contributed by atoms with van der Waals surface area (Å²) in [5.41, 5.74) is 0.889. The minimum atomic E-state index is -0.446. The maximum absolute atomic E-state index is 9.45. The minimum absolute atomic E-state index is 0.446. The molecule has 2 unspecified atom stereocenters. The normalized spacial score (nSPS) is 22.0. The zero-order valence-corrected chi connectivity index (χ0v) is 9.56. The Morgan fingerprint density at radius 3 is 3.12 bits per heavy atom. The Morgan fingerprint density at radius 1 is 1.56 bits per heavy atom. The first-order valence-corrected chi connectivity index (χ1v) is 5.74. The second-order valence-corrected chi connectivity index (χ2v) is 4.29. The van der Waals surface area contributed by atoms with Gasteiger partial charge in [0.15, 0.2) is 0 Å². The van der Waals surface area contributed by atoms with Crippen molar-refractivity contribution < 1.29 is 14.6 Å². The lowest BCUT2D eigenvalue weighted by Crippen LogP contribution is -2.11. The summed E-state index contributed by atoms with van der Waals surface area (Å²) in [5.74, 6) is 1.33. The van der Waals surface area contributed by atoms with Crippen LogP contribution >= 0.6 is 0 Å². The Labute approximate surface area is 96.0 Å². The van der Waals surface area contributed by atoms with Gasteiger partial charge in [-0.05, 0) is 31.0 Å². The van der Waals surface area contributed by atoms with E-state index >= 15 is 0 Å². The highest BCUT2D eigenvalue weighted by molar-refractivity contribution is 5.29. The molecule has 0 spiro atoms. The van der Waals surface area contributed by atoms with Gasteiger partial charge in [-0.3, -0.25) is 0 Å². The van der Waals surface area contributed by atoms with Gasteiger partial charge in [-0.15, -0.1) is 0 Å². The van der Waals surface area contributed by atoms with E-state index in [-0.39, 0.29) is 0 Å². The fourth-order valence-corrected chi connectivity index (χ4v) is 1.79. The Morgan fingerprint density at radius 2 is 2.44 bits per heavy atom. The predicted molar refractivity (Wildman–Crippen MR) is 61.5 cm³/mol. The molecule has 0 radical (unpaired) electrons. The van der Waals surface area contributed by atoms with Crippen molar-refractivity contribution in [1.82, 2.24) is 0 Å². The van der Waals surface area contributed by atoms with Crippen molar-refractivity contribution in [2.75, 3.05) is 19.8 Å². The van der Waals surface area contributed by atoms with E-state index in [0.717, 1.165) is 30.9 Å². The maximum Gasteiger partial charge on any atom is 0.119 e. The molecule has 88 valence electrons. The van der Waals surface area contributed by atoms with Gasteiger partial charge < -0.3 is 14.6 Å². The van der Waals surface area contributed by atoms with Crippen LogP contribution in [0, 0.1) is 5.92 Å². The molecule has 1 N–H and O–H groups in total. The second-order valence-electron chi connectivity index (χ2n) is 4.29. The molecule has 0 saturated carbocycles. The quantitative estimate of drug-likeness (QED) is 0.848. The number of hydrogen-bond donors (Lipinski definition) is 1. The standard InChI is InChI=1S/C13H18O3/c1-10(14)12-3-2-4-13(7-12)16-9-11-5-6-15-8-11/h2-4,7,10-11,14H,5-6,8-9H2,1H3. The van der Waals surface area contributed by atoms with Gasteiger partial charge >= 0.3 is 0 Å². The predicted octanol–water partition coefficient (Wildman–Crippen LogP) is 2.16. The van der Waals surface area contributed by atoms with Gasteiger partial charge in [0.1, 0.15) is 5.75 Å². The SMILES string of the molecule is CC(O)c1cccc(OCC2CCOC2)c1. The van der Waals surface area contributed by atoms with E-state index in [1.807, 2.05) is 24.3 Å². The number of rotatable bonds is 4. The summed E-state index contributed by atoms with van der Waals surface area (Å²) in [4.78, 5) is 0. The van der Waals surface area contributed by atoms with Crippen molar-refractivity contribution in [3.05, 3.63) is 29.8 Å². The number of aliphatic hydroxyl groups excluding tert-OH is 1. The van der Waals surface area contributed by atoms with Gasteiger partial charge in [-0.25, -0.2) is 0 Å². The Hall–Kier alpha value is -1.06. The Bertz CT molecular complexity index is 330. The lowest BCUT2D eigenvalue weighted by molar-refractivity contribution is 0.166. The van der Waals surface area contributed by atoms with Crippen LogP contribution in [0.25, 0.3) is 0 Å². The number of ether oxygens (including phenoxy) is 2. The summed E-state index contributed by atoms with van der Waals surface area (Å²) in [6.45, 7) is 4.10. The highest BCUT2D eigenvalue weighted by Gasteiger charge is 2.16. The van der Waals surface area contributed by atoms with E-state index in [1.165, 1.54) is 0 Å². The van der Waals surface area contributed by atoms with Crippen molar-refractivity contribution in [2.24, 2.45) is 5.92 Å². The first kappa shape index (κ1) is 11.4. The molecule has 0 bridgehead atoms. The summed E-state index contributed by atoms with van der Waals surface area (Å²) in [7, 11) is 0. The third-order valence-electron chi connectivity index (χ3n) is 2.85. The zero-order valence-electron chi connectivity index (χ0n) is 9.56. The molecule has 1 aromatic rings. The lowest BCUT2D eigenvalue weighted by Gasteiger charge is -2.12. The molecule has 1 fully saturated rings. The van der Waals surface area contributed by atoms with Gasteiger partial charge in [0, 0.05) is 12.5 Å². The van der Waals surface area contributed by atoms with E-state index in [4.69, 9.17) is 9.47 Å². The maximum atomic E-state index is 9.45. The topological polar surface area (TPSA) is 38.7 Å². The van der Waals surface area contributed by atoms with Gasteiger partial charge in [0.25, 0.3) is 0 Å². The van der Waals surface area contributed by atoms with Crippen LogP contribution in [0.3, 0.4) is 0 Å². The van der Waals surface area contributed by atoms with Crippen LogP contribution in [0.15, 0.2) is 24.3 Å². The molecule has 3 heteroatoms. The largest absolute Gasteiger partial charge is 0.493 e. The zero-order chi connectivity index (χ0) is 11.4. The molecule has 3 nitrogen and oxygen atoms in total. The molecule has 1 heterocycles. The molecular formula is C13H18O3. The molecule has 2 rings (SSSR count). The highest BCUT2D eigenvalue weighted by atomic mass is 16.5. The summed E-state index contributed by atoms with van der Waals surface area (Å²) >= 11 is 0. The highest BCUT2D eigenvalue weighted by Crippen LogP contribution is 2.20. The third kappa shape index (κ3) is 2.97. The van der Waals surface area contributed by atoms with Crippen molar-refractivity contribution in [1.29, 1.82) is 0 Å². The molecule has 1 saturated heterocycles. The molecular weight excluding hydrogens is 204 g/mol. The van der Waals surface area contributed by atoms with Crippen molar-refractivity contribution in [3.63, 3.8) is 0 Å². The van der Waals surface area contributed by atoms with Crippen LogP contribution in [0.1, 0.15) is 25.0 Å². The first-order chi connectivity index (χ1) is 7.75. The fraction of sp³-hybridized carbons (Fsp3) is 0.538. The first-order valence-electron chi connectivity index (χ1n) is 5.74. The lowest BCUT2D eigenvalue weighted by atomic mass is 10.1. The van der Waals surface area contributed by atoms with Crippen molar-refractivity contribution >= 4 is 0 Å². The third-order valence-corrected chi connectivity index (χ3v) is 2.85. The van der Waals surface area contributed by atoms with E-state index in [9.17, 15) is 5.11 Å². The average molecular weight is 222 g/mol. The van der Waals surface area contributed by atoms with E-state index in [1.54, 1.807) is 6.92 Å². The molecule has 0 amide bonds. The summed E-state index contributed by atoms with van der Waals surface area (Å²) in [5, 5.41) is 9.45. The van der Waals surface area contributed by atoms with Crippen LogP contribution in [0.4, 0.5) is 0 Å². The van der Waals surface area contributed by atoms with Gasteiger partial charge in [-0.2, -0.15) is 0 Å².